The summed E-state index contributed by atoms with van der Waals surface area (Å²) >= 11 is 0. The van der Waals surface area contributed by atoms with Crippen molar-refractivity contribution in [3.05, 3.63) is 12.2 Å². The van der Waals surface area contributed by atoms with Crippen LogP contribution in [0.1, 0.15) is 163 Å². The van der Waals surface area contributed by atoms with Crippen LogP contribution in [0.2, 0.25) is 0 Å². The van der Waals surface area contributed by atoms with Crippen LogP contribution in [0.3, 0.4) is 0 Å². The number of hydrogen-bond acceptors (Lipinski definition) is 5. The molecule has 0 aliphatic carbocycles. The summed E-state index contributed by atoms with van der Waals surface area (Å²) in [5, 5.41) is 2.87. The molecule has 0 aromatic carbocycles. The molecule has 0 radical (unpaired) electrons. The molecule has 2 amide bonds. The van der Waals surface area contributed by atoms with Crippen molar-refractivity contribution >= 4 is 17.8 Å². The van der Waals surface area contributed by atoms with E-state index in [0.29, 0.717) is 45.5 Å². The first-order chi connectivity index (χ1) is 20.6. The quantitative estimate of drug-likeness (QED) is 0.0576. The summed E-state index contributed by atoms with van der Waals surface area (Å²) in [5.41, 5.74) is 0.753. The first-order valence-corrected chi connectivity index (χ1v) is 17.6. The molecule has 1 N–H and O–H groups in total. The Labute approximate surface area is 264 Å². The second-order valence-corrected chi connectivity index (χ2v) is 13.4. The van der Waals surface area contributed by atoms with E-state index < -0.39 is 0 Å². The molecule has 1 atom stereocenters. The molecule has 1 aliphatic rings. The highest BCUT2D eigenvalue weighted by molar-refractivity contribution is 5.81. The van der Waals surface area contributed by atoms with Crippen molar-refractivity contribution in [2.24, 2.45) is 0 Å². The number of nitrogens with zero attached hydrogens (tertiary/aromatic N) is 1. The van der Waals surface area contributed by atoms with Crippen LogP contribution in [-0.2, 0) is 23.9 Å². The Bertz CT molecular complexity index is 782. The SMILES string of the molecule is C=C(C)CCOC(C)(C)CCNC(=O)CCC(=O)O[C@@H]1CCN(C(=O)CCCCCCCCCCCCCCCCC)C1. The molecule has 0 unspecified atom stereocenters. The maximum atomic E-state index is 12.6. The highest BCUT2D eigenvalue weighted by atomic mass is 16.5. The summed E-state index contributed by atoms with van der Waals surface area (Å²) in [6, 6.07) is 0. The largest absolute Gasteiger partial charge is 0.460 e. The smallest absolute Gasteiger partial charge is 0.306 e. The van der Waals surface area contributed by atoms with E-state index in [1.807, 2.05) is 25.7 Å². The molecule has 1 aliphatic heterocycles. The van der Waals surface area contributed by atoms with E-state index in [1.54, 1.807) is 0 Å². The van der Waals surface area contributed by atoms with Gasteiger partial charge >= 0.3 is 5.97 Å². The molecular formula is C36H66N2O5. The Morgan fingerprint density at radius 2 is 1.37 bits per heavy atom. The maximum Gasteiger partial charge on any atom is 0.306 e. The minimum atomic E-state index is -0.375. The van der Waals surface area contributed by atoms with Crippen molar-refractivity contribution in [1.82, 2.24) is 10.2 Å². The van der Waals surface area contributed by atoms with Gasteiger partial charge in [-0.3, -0.25) is 14.4 Å². The van der Waals surface area contributed by atoms with Crippen molar-refractivity contribution < 1.29 is 23.9 Å². The van der Waals surface area contributed by atoms with Gasteiger partial charge in [0.2, 0.25) is 11.8 Å². The summed E-state index contributed by atoms with van der Waals surface area (Å²) in [6.07, 6.45) is 22.3. The Morgan fingerprint density at radius 3 is 1.93 bits per heavy atom. The molecule has 1 rings (SSSR count). The highest BCUT2D eigenvalue weighted by Gasteiger charge is 2.28. The molecule has 250 valence electrons. The molecule has 0 spiro atoms. The second-order valence-electron chi connectivity index (χ2n) is 13.4. The van der Waals surface area contributed by atoms with E-state index in [1.165, 1.54) is 83.5 Å². The zero-order chi connectivity index (χ0) is 31.8. The predicted molar refractivity (Wildman–Crippen MR) is 177 cm³/mol. The standard InChI is InChI=1S/C36H66N2O5/c1-6-7-8-9-10-11-12-13-14-15-16-17-18-19-20-21-34(40)38-28-24-32(30-38)43-35(41)23-22-33(39)37-27-26-36(4,5)42-29-25-31(2)3/h32H,2,6-30H2,1,3-5H3,(H,37,39)/t32-/m1/s1. The number of unbranched alkanes of at least 4 members (excludes halogenated alkanes) is 14. The molecule has 1 saturated heterocycles. The van der Waals surface area contributed by atoms with Crippen LogP contribution in [-0.4, -0.2) is 60.6 Å². The van der Waals surface area contributed by atoms with Crippen LogP contribution in [0, 0.1) is 0 Å². The van der Waals surface area contributed by atoms with Gasteiger partial charge < -0.3 is 19.7 Å². The average molecular weight is 607 g/mol. The van der Waals surface area contributed by atoms with Gasteiger partial charge in [0.05, 0.1) is 25.2 Å². The number of amides is 2. The Hall–Kier alpha value is -1.89. The van der Waals surface area contributed by atoms with Crippen LogP contribution >= 0.6 is 0 Å². The summed E-state index contributed by atoms with van der Waals surface area (Å²) in [6.45, 7) is 14.4. The van der Waals surface area contributed by atoms with Crippen molar-refractivity contribution in [2.45, 2.75) is 174 Å². The van der Waals surface area contributed by atoms with E-state index in [-0.39, 0.29) is 42.3 Å². The Balaban J connectivity index is 2.01. The summed E-state index contributed by atoms with van der Waals surface area (Å²) in [4.78, 5) is 38.9. The maximum absolute atomic E-state index is 12.6. The van der Waals surface area contributed by atoms with E-state index in [2.05, 4.69) is 18.8 Å². The lowest BCUT2D eigenvalue weighted by atomic mass is 10.0. The Kier molecular flexibility index (Phi) is 22.2. The van der Waals surface area contributed by atoms with Gasteiger partial charge in [0, 0.05) is 32.4 Å². The number of esters is 1. The highest BCUT2D eigenvalue weighted by Crippen LogP contribution is 2.18. The van der Waals surface area contributed by atoms with E-state index in [4.69, 9.17) is 9.47 Å². The van der Waals surface area contributed by atoms with Crippen LogP contribution in [0.15, 0.2) is 12.2 Å². The number of likely N-dealkylation sites (tertiary alicyclic amines) is 1. The molecule has 1 fully saturated rings. The van der Waals surface area contributed by atoms with Crippen molar-refractivity contribution in [3.8, 4) is 0 Å². The van der Waals surface area contributed by atoms with Gasteiger partial charge in [0.15, 0.2) is 0 Å². The molecule has 7 nitrogen and oxygen atoms in total. The molecule has 1 heterocycles. The number of carbonyl (C=O) groups excluding carboxylic acids is 3. The van der Waals surface area contributed by atoms with Gasteiger partial charge in [-0.05, 0) is 40.0 Å². The van der Waals surface area contributed by atoms with Gasteiger partial charge in [-0.15, -0.1) is 6.58 Å². The van der Waals surface area contributed by atoms with Crippen LogP contribution in [0.4, 0.5) is 0 Å². The summed E-state index contributed by atoms with van der Waals surface area (Å²) < 4.78 is 11.4. The fourth-order valence-corrected chi connectivity index (χ4v) is 5.48. The molecular weight excluding hydrogens is 540 g/mol. The molecule has 43 heavy (non-hydrogen) atoms. The van der Waals surface area contributed by atoms with E-state index in [9.17, 15) is 14.4 Å². The zero-order valence-electron chi connectivity index (χ0n) is 28.5. The van der Waals surface area contributed by atoms with E-state index >= 15 is 0 Å². The van der Waals surface area contributed by atoms with Gasteiger partial charge in [0.1, 0.15) is 6.10 Å². The lowest BCUT2D eigenvalue weighted by Crippen LogP contribution is -2.33. The van der Waals surface area contributed by atoms with Crippen molar-refractivity contribution in [3.63, 3.8) is 0 Å². The first kappa shape index (κ1) is 39.1. The third-order valence-electron chi connectivity index (χ3n) is 8.42. The lowest BCUT2D eigenvalue weighted by Gasteiger charge is -2.25. The molecule has 0 saturated carbocycles. The zero-order valence-corrected chi connectivity index (χ0v) is 28.5. The molecule has 0 aromatic rings. The van der Waals surface area contributed by atoms with Gasteiger partial charge in [-0.2, -0.15) is 0 Å². The molecule has 0 bridgehead atoms. The first-order valence-electron chi connectivity index (χ1n) is 17.6. The van der Waals surface area contributed by atoms with Crippen molar-refractivity contribution in [1.29, 1.82) is 0 Å². The van der Waals surface area contributed by atoms with Gasteiger partial charge in [-0.25, -0.2) is 0 Å². The average Bonchev–Trinajstić information content (AvgIpc) is 3.42. The number of hydrogen-bond donors (Lipinski definition) is 1. The topological polar surface area (TPSA) is 84.9 Å². The monoisotopic (exact) mass is 606 g/mol. The number of ether oxygens (including phenoxy) is 2. The van der Waals surface area contributed by atoms with Crippen LogP contribution in [0.5, 0.6) is 0 Å². The summed E-state index contributed by atoms with van der Waals surface area (Å²) in [7, 11) is 0. The van der Waals surface area contributed by atoms with Crippen LogP contribution in [0.25, 0.3) is 0 Å². The Morgan fingerprint density at radius 1 is 0.814 bits per heavy atom. The molecule has 7 heteroatoms. The minimum Gasteiger partial charge on any atom is -0.460 e. The normalized spacial score (nSPS) is 15.1. The fraction of sp³-hybridized carbons (Fsp3) is 0.861. The summed E-state index contributed by atoms with van der Waals surface area (Å²) in [5.74, 6) is -0.374. The third-order valence-corrected chi connectivity index (χ3v) is 8.42. The second kappa shape index (κ2) is 24.4. The van der Waals surface area contributed by atoms with Crippen LogP contribution < -0.4 is 5.32 Å². The van der Waals surface area contributed by atoms with Gasteiger partial charge in [-0.1, -0.05) is 102 Å². The lowest BCUT2D eigenvalue weighted by molar-refractivity contribution is -0.150. The predicted octanol–water partition coefficient (Wildman–Crippen LogP) is 8.44. The minimum absolute atomic E-state index is 0.0495. The van der Waals surface area contributed by atoms with Crippen molar-refractivity contribution in [2.75, 3.05) is 26.2 Å². The third kappa shape index (κ3) is 22.3. The molecule has 0 aromatic heterocycles. The van der Waals surface area contributed by atoms with Gasteiger partial charge in [0.25, 0.3) is 0 Å². The number of nitrogens with one attached hydrogen (secondary N) is 1. The number of rotatable bonds is 27. The fourth-order valence-electron chi connectivity index (χ4n) is 5.48. The van der Waals surface area contributed by atoms with E-state index in [0.717, 1.165) is 24.8 Å². The number of carbonyl (C=O) groups is 3.